The normalized spacial score (nSPS) is 41.8. The van der Waals surface area contributed by atoms with E-state index in [4.69, 9.17) is 15.3 Å². The molecule has 1 unspecified atom stereocenters. The van der Waals surface area contributed by atoms with E-state index in [2.05, 4.69) is 4.74 Å². The summed E-state index contributed by atoms with van der Waals surface area (Å²) in [7, 11) is 0. The Balaban J connectivity index is 3.18. The second kappa shape index (κ2) is 4.79. The zero-order valence-electron chi connectivity index (χ0n) is 9.46. The molecule has 106 valence electrons. The van der Waals surface area contributed by atoms with E-state index in [1.54, 1.807) is 0 Å². The zero-order chi connectivity index (χ0) is 14.3. The molecule has 0 radical (unpaired) electrons. The molecule has 7 N–H and O–H groups in total. The molecule has 1 aliphatic heterocycles. The average Bonchev–Trinajstić information content (AvgIpc) is 2.29. The van der Waals surface area contributed by atoms with Crippen LogP contribution in [0.25, 0.3) is 0 Å². The molecule has 0 bridgehead atoms. The quantitative estimate of drug-likeness (QED) is 0.249. The minimum absolute atomic E-state index is 0.614. The Kier molecular flexibility index (Phi) is 4.10. The maximum Gasteiger partial charge on any atom is 0.228 e. The Hall–Kier alpha value is -0.650. The van der Waals surface area contributed by atoms with Crippen LogP contribution in [-0.2, 0) is 9.53 Å². The third-order valence-electron chi connectivity index (χ3n) is 2.81. The number of Topliss-reactive ketones (excluding diaryl/α,β-unsaturated/α-hetero) is 1. The van der Waals surface area contributed by atoms with Crippen LogP contribution in [0, 0.1) is 0 Å². The minimum atomic E-state index is -3.08. The molecule has 0 aromatic rings. The van der Waals surface area contributed by atoms with Gasteiger partial charge < -0.3 is 40.5 Å². The van der Waals surface area contributed by atoms with Gasteiger partial charge in [0.15, 0.2) is 11.9 Å². The maximum absolute atomic E-state index is 11.7. The summed E-state index contributed by atoms with van der Waals surface area (Å²) in [6, 6.07) is 0. The van der Waals surface area contributed by atoms with Crippen molar-refractivity contribution in [2.75, 3.05) is 6.61 Å². The van der Waals surface area contributed by atoms with E-state index in [1.165, 1.54) is 0 Å². The largest absolute Gasteiger partial charge is 0.394 e. The summed E-state index contributed by atoms with van der Waals surface area (Å²) >= 11 is 0. The number of rotatable bonds is 3. The highest BCUT2D eigenvalue weighted by molar-refractivity contribution is 5.94. The van der Waals surface area contributed by atoms with Gasteiger partial charge in [-0.15, -0.1) is 0 Å². The smallest absolute Gasteiger partial charge is 0.228 e. The van der Waals surface area contributed by atoms with Gasteiger partial charge in [-0.1, -0.05) is 0 Å². The Labute approximate surface area is 101 Å². The first-order valence-corrected chi connectivity index (χ1v) is 5.09. The summed E-state index contributed by atoms with van der Waals surface area (Å²) in [6.45, 7) is -0.253. The van der Waals surface area contributed by atoms with Gasteiger partial charge in [-0.05, 0) is 6.92 Å². The summed E-state index contributed by atoms with van der Waals surface area (Å²) in [6.07, 6.45) is -8.10. The molecule has 1 rings (SSSR count). The highest BCUT2D eigenvalue weighted by Gasteiger charge is 2.62. The topological polar surface area (TPSA) is 168 Å². The molecule has 0 amide bonds. The standard InChI is InChI=1S/C9H16O9/c1-8(15,16)7(14)9(17)4(11)3(2-10)18-6(13)5(9)12/h3-6,10-13,15-17H,2H2,1H3/t3-,4+,5+,6?,9+/m1/s1. The van der Waals surface area contributed by atoms with Gasteiger partial charge in [-0.2, -0.15) is 0 Å². The average molecular weight is 268 g/mol. The van der Waals surface area contributed by atoms with E-state index >= 15 is 0 Å². The van der Waals surface area contributed by atoms with Crippen LogP contribution in [0.4, 0.5) is 0 Å². The lowest BCUT2D eigenvalue weighted by atomic mass is 9.78. The maximum atomic E-state index is 11.7. The fourth-order valence-corrected chi connectivity index (χ4v) is 1.79. The summed E-state index contributed by atoms with van der Waals surface area (Å²) in [5, 5.41) is 65.5. The van der Waals surface area contributed by atoms with Crippen LogP contribution in [0.3, 0.4) is 0 Å². The molecule has 9 nitrogen and oxygen atoms in total. The second-order valence-electron chi connectivity index (χ2n) is 4.31. The van der Waals surface area contributed by atoms with Gasteiger partial charge in [-0.25, -0.2) is 0 Å². The Bertz CT molecular complexity index is 324. The lowest BCUT2D eigenvalue weighted by Gasteiger charge is -2.46. The molecule has 0 spiro atoms. The van der Waals surface area contributed by atoms with Crippen molar-refractivity contribution in [2.24, 2.45) is 0 Å². The summed E-state index contributed by atoms with van der Waals surface area (Å²) in [5.74, 6) is -4.77. The van der Waals surface area contributed by atoms with Crippen LogP contribution < -0.4 is 0 Å². The summed E-state index contributed by atoms with van der Waals surface area (Å²) in [5.41, 5.74) is -3.08. The third kappa shape index (κ3) is 2.27. The van der Waals surface area contributed by atoms with Crippen molar-refractivity contribution in [3.05, 3.63) is 0 Å². The van der Waals surface area contributed by atoms with Crippen LogP contribution in [0.2, 0.25) is 0 Å². The molecule has 1 heterocycles. The lowest BCUT2D eigenvalue weighted by Crippen LogP contribution is -2.73. The zero-order valence-corrected chi connectivity index (χ0v) is 9.46. The first-order valence-electron chi connectivity index (χ1n) is 5.09. The number of aliphatic hydroxyl groups is 7. The lowest BCUT2D eigenvalue weighted by molar-refractivity contribution is -0.318. The van der Waals surface area contributed by atoms with Crippen molar-refractivity contribution < 1.29 is 45.3 Å². The molecule has 18 heavy (non-hydrogen) atoms. The summed E-state index contributed by atoms with van der Waals surface area (Å²) < 4.78 is 4.55. The molecule has 1 saturated heterocycles. The molecular weight excluding hydrogens is 252 g/mol. The predicted molar refractivity (Wildman–Crippen MR) is 52.8 cm³/mol. The van der Waals surface area contributed by atoms with Gasteiger partial charge in [0, 0.05) is 0 Å². The highest BCUT2D eigenvalue weighted by Crippen LogP contribution is 2.32. The number of ketones is 1. The number of carbonyl (C=O) groups excluding carboxylic acids is 1. The van der Waals surface area contributed by atoms with Crippen LogP contribution in [0.15, 0.2) is 0 Å². The van der Waals surface area contributed by atoms with E-state index < -0.39 is 48.4 Å². The number of carbonyl (C=O) groups is 1. The van der Waals surface area contributed by atoms with Crippen molar-refractivity contribution in [2.45, 2.75) is 42.9 Å². The van der Waals surface area contributed by atoms with E-state index in [-0.39, 0.29) is 0 Å². The number of aliphatic hydroxyl groups excluding tert-OH is 4. The molecule has 0 aromatic carbocycles. The molecule has 0 saturated carbocycles. The summed E-state index contributed by atoms with van der Waals surface area (Å²) in [4.78, 5) is 11.7. The van der Waals surface area contributed by atoms with Gasteiger partial charge in [-0.3, -0.25) is 4.79 Å². The number of ether oxygens (including phenoxy) is 1. The van der Waals surface area contributed by atoms with Gasteiger partial charge in [0.25, 0.3) is 0 Å². The first kappa shape index (κ1) is 15.4. The molecule has 5 atom stereocenters. The molecule has 0 aromatic heterocycles. The molecule has 1 aliphatic rings. The van der Waals surface area contributed by atoms with Crippen LogP contribution in [-0.4, -0.2) is 84.1 Å². The second-order valence-corrected chi connectivity index (χ2v) is 4.31. The molecular formula is C9H16O9. The van der Waals surface area contributed by atoms with Crippen molar-refractivity contribution in [3.63, 3.8) is 0 Å². The fourth-order valence-electron chi connectivity index (χ4n) is 1.79. The number of hydrogen-bond acceptors (Lipinski definition) is 9. The van der Waals surface area contributed by atoms with Gasteiger partial charge in [0.05, 0.1) is 6.61 Å². The molecule has 1 fully saturated rings. The van der Waals surface area contributed by atoms with Crippen LogP contribution >= 0.6 is 0 Å². The van der Waals surface area contributed by atoms with Crippen LogP contribution in [0.5, 0.6) is 0 Å². The van der Waals surface area contributed by atoms with Gasteiger partial charge >= 0.3 is 0 Å². The highest BCUT2D eigenvalue weighted by atomic mass is 16.6. The SMILES string of the molecule is CC(O)(O)C(=O)[C@@]1(O)[C@@H](O)C(O)O[C@H](CO)[C@@H]1O. The molecule has 0 aliphatic carbocycles. The van der Waals surface area contributed by atoms with Crippen molar-refractivity contribution in [1.82, 2.24) is 0 Å². The Morgan fingerprint density at radius 1 is 1.28 bits per heavy atom. The minimum Gasteiger partial charge on any atom is -0.394 e. The van der Waals surface area contributed by atoms with Crippen molar-refractivity contribution in [1.29, 1.82) is 0 Å². The van der Waals surface area contributed by atoms with E-state index in [9.17, 15) is 25.2 Å². The molecule has 9 heteroatoms. The van der Waals surface area contributed by atoms with Crippen molar-refractivity contribution in [3.8, 4) is 0 Å². The predicted octanol–water partition coefficient (Wildman–Crippen LogP) is -4.58. The van der Waals surface area contributed by atoms with E-state index in [0.717, 1.165) is 0 Å². The van der Waals surface area contributed by atoms with E-state index in [1.807, 2.05) is 0 Å². The van der Waals surface area contributed by atoms with Crippen LogP contribution in [0.1, 0.15) is 6.92 Å². The number of hydrogen-bond donors (Lipinski definition) is 7. The Morgan fingerprint density at radius 3 is 2.17 bits per heavy atom. The third-order valence-corrected chi connectivity index (χ3v) is 2.81. The van der Waals surface area contributed by atoms with Gasteiger partial charge in [0.1, 0.15) is 18.3 Å². The Morgan fingerprint density at radius 2 is 1.78 bits per heavy atom. The van der Waals surface area contributed by atoms with Gasteiger partial charge in [0.2, 0.25) is 11.6 Å². The monoisotopic (exact) mass is 268 g/mol. The van der Waals surface area contributed by atoms with Crippen molar-refractivity contribution >= 4 is 5.78 Å². The van der Waals surface area contributed by atoms with E-state index in [0.29, 0.717) is 6.92 Å². The fraction of sp³-hybridized carbons (Fsp3) is 0.889. The first-order chi connectivity index (χ1) is 8.06.